The fourth-order valence-corrected chi connectivity index (χ4v) is 2.20. The Kier molecular flexibility index (Phi) is 9.83. The van der Waals surface area contributed by atoms with Gasteiger partial charge in [0.25, 0.3) is 0 Å². The lowest BCUT2D eigenvalue weighted by atomic mass is 10.0. The molecule has 0 aliphatic rings. The van der Waals surface area contributed by atoms with E-state index in [0.717, 1.165) is 12.0 Å². The van der Waals surface area contributed by atoms with Crippen LogP contribution in [0.3, 0.4) is 0 Å². The van der Waals surface area contributed by atoms with Crippen molar-refractivity contribution >= 4 is 13.7 Å². The molecule has 1 aromatic carbocycles. The van der Waals surface area contributed by atoms with Crippen molar-refractivity contribution in [2.45, 2.75) is 44.8 Å². The van der Waals surface area contributed by atoms with Gasteiger partial charge in [0.1, 0.15) is 0 Å². The molecule has 0 aromatic heterocycles. The molecule has 0 saturated heterocycles. The average molecular weight is 305 g/mol. The Bertz CT molecular complexity index is 422. The average Bonchev–Trinajstić information content (AvgIpc) is 2.55. The lowest BCUT2D eigenvalue weighted by molar-refractivity contribution is 0.134. The van der Waals surface area contributed by atoms with Crippen LogP contribution in [0.4, 0.5) is 0 Å². The number of nitrogens with one attached hydrogen (secondary N) is 1. The molecule has 0 bridgehead atoms. The number of benzene rings is 1. The Morgan fingerprint density at radius 3 is 2.59 bits per heavy atom. The Morgan fingerprint density at radius 2 is 2.00 bits per heavy atom. The van der Waals surface area contributed by atoms with E-state index in [9.17, 15) is 10.2 Å². The zero-order valence-electron chi connectivity index (χ0n) is 13.7. The fourth-order valence-electron chi connectivity index (χ4n) is 2.20. The maximum Gasteiger partial charge on any atom is 0.360 e. The molecule has 22 heavy (non-hydrogen) atoms. The van der Waals surface area contributed by atoms with Gasteiger partial charge in [-0.05, 0) is 24.0 Å². The third-order valence-corrected chi connectivity index (χ3v) is 3.63. The molecule has 4 nitrogen and oxygen atoms in total. The third kappa shape index (κ3) is 7.23. The van der Waals surface area contributed by atoms with Crippen molar-refractivity contribution in [1.29, 1.82) is 0 Å². The normalized spacial score (nSPS) is 14.2. The van der Waals surface area contributed by atoms with Crippen LogP contribution in [0.15, 0.2) is 30.3 Å². The van der Waals surface area contributed by atoms with Crippen LogP contribution in [0.25, 0.3) is 6.08 Å². The second-order valence-electron chi connectivity index (χ2n) is 5.47. The molecule has 5 heteroatoms. The van der Waals surface area contributed by atoms with Crippen LogP contribution < -0.4 is 5.23 Å². The maximum absolute atomic E-state index is 10.0. The van der Waals surface area contributed by atoms with Crippen LogP contribution >= 0.6 is 0 Å². The van der Waals surface area contributed by atoms with E-state index in [1.165, 1.54) is 24.8 Å². The first-order chi connectivity index (χ1) is 10.7. The Hall–Kier alpha value is -1.14. The van der Waals surface area contributed by atoms with Crippen molar-refractivity contribution in [3.05, 3.63) is 41.5 Å². The summed E-state index contributed by atoms with van der Waals surface area (Å²) in [6.07, 6.45) is 7.66. The van der Waals surface area contributed by atoms with E-state index in [-0.39, 0.29) is 6.61 Å². The third-order valence-electron chi connectivity index (χ3n) is 3.63. The minimum atomic E-state index is -0.760. The van der Waals surface area contributed by atoms with Gasteiger partial charge < -0.3 is 20.1 Å². The van der Waals surface area contributed by atoms with Gasteiger partial charge in [0.05, 0.1) is 18.8 Å². The summed E-state index contributed by atoms with van der Waals surface area (Å²) in [6.45, 7) is 2.06. The van der Waals surface area contributed by atoms with E-state index in [4.69, 9.17) is 4.65 Å². The first-order valence-corrected chi connectivity index (χ1v) is 7.99. The molecule has 0 unspecified atom stereocenters. The number of aliphatic hydroxyl groups excluding tert-OH is 2. The molecule has 3 N–H and O–H groups in total. The van der Waals surface area contributed by atoms with Gasteiger partial charge in [0.15, 0.2) is 0 Å². The Balaban J connectivity index is 2.50. The molecule has 0 radical (unpaired) electrons. The van der Waals surface area contributed by atoms with E-state index in [1.54, 1.807) is 13.2 Å². The SMILES string of the molecule is CCCCCc1ccc(/C=C/[C@H](O)[C@@H](CO)NBOC)cc1. The first-order valence-electron chi connectivity index (χ1n) is 7.99. The van der Waals surface area contributed by atoms with Gasteiger partial charge in [-0.2, -0.15) is 0 Å². The molecule has 1 rings (SSSR count). The molecule has 0 saturated carbocycles. The van der Waals surface area contributed by atoms with Gasteiger partial charge in [0, 0.05) is 7.11 Å². The summed E-state index contributed by atoms with van der Waals surface area (Å²) >= 11 is 0. The van der Waals surface area contributed by atoms with E-state index >= 15 is 0 Å². The smallest absolute Gasteiger partial charge is 0.360 e. The topological polar surface area (TPSA) is 61.7 Å². The highest BCUT2D eigenvalue weighted by atomic mass is 16.4. The molecule has 0 fully saturated rings. The van der Waals surface area contributed by atoms with E-state index in [2.05, 4.69) is 36.4 Å². The lowest BCUT2D eigenvalue weighted by Crippen LogP contribution is -2.44. The van der Waals surface area contributed by atoms with Crippen LogP contribution in [-0.4, -0.2) is 43.7 Å². The van der Waals surface area contributed by atoms with Crippen LogP contribution in [0.2, 0.25) is 0 Å². The minimum absolute atomic E-state index is 0.148. The summed E-state index contributed by atoms with van der Waals surface area (Å²) in [5.74, 6) is 0. The minimum Gasteiger partial charge on any atom is -0.427 e. The predicted octanol–water partition coefficient (Wildman–Crippen LogP) is 1.66. The number of aliphatic hydroxyl groups is 2. The second kappa shape index (κ2) is 11.4. The van der Waals surface area contributed by atoms with Crippen molar-refractivity contribution in [3.8, 4) is 0 Å². The van der Waals surface area contributed by atoms with Crippen molar-refractivity contribution in [3.63, 3.8) is 0 Å². The Labute approximate surface area is 134 Å². The number of hydrogen-bond acceptors (Lipinski definition) is 4. The van der Waals surface area contributed by atoms with E-state index < -0.39 is 12.1 Å². The first kappa shape index (κ1) is 18.9. The standard InChI is InChI=1S/C17H28BNO3/c1-3-4-5-6-14-7-9-15(10-8-14)11-12-17(21)16(13-20)19-18-22-2/h7-12,16-21H,3-6,13H2,1-2H3/b12-11+/t16-,17+/m1/s1. The molecule has 0 aliphatic carbocycles. The summed E-state index contributed by atoms with van der Waals surface area (Å²) in [5, 5.41) is 22.2. The molecule has 0 aliphatic heterocycles. The zero-order chi connectivity index (χ0) is 16.2. The Morgan fingerprint density at radius 1 is 1.27 bits per heavy atom. The quantitative estimate of drug-likeness (QED) is 0.430. The summed E-state index contributed by atoms with van der Waals surface area (Å²) in [4.78, 5) is 0. The van der Waals surface area contributed by atoms with Gasteiger partial charge in [-0.15, -0.1) is 0 Å². The lowest BCUT2D eigenvalue weighted by Gasteiger charge is -2.18. The predicted molar refractivity (Wildman–Crippen MR) is 92.9 cm³/mol. The highest BCUT2D eigenvalue weighted by Crippen LogP contribution is 2.10. The maximum atomic E-state index is 10.0. The molecule has 0 heterocycles. The summed E-state index contributed by atoms with van der Waals surface area (Å²) < 4.78 is 4.88. The molecule has 1 aromatic rings. The van der Waals surface area contributed by atoms with Crippen LogP contribution in [-0.2, 0) is 11.1 Å². The second-order valence-corrected chi connectivity index (χ2v) is 5.47. The summed E-state index contributed by atoms with van der Waals surface area (Å²) in [7, 11) is 1.86. The van der Waals surface area contributed by atoms with Crippen LogP contribution in [0, 0.1) is 0 Å². The van der Waals surface area contributed by atoms with Gasteiger partial charge in [0.2, 0.25) is 0 Å². The van der Waals surface area contributed by atoms with Crippen molar-refractivity contribution in [2.24, 2.45) is 0 Å². The van der Waals surface area contributed by atoms with Gasteiger partial charge in [-0.25, -0.2) is 0 Å². The van der Waals surface area contributed by atoms with Crippen LogP contribution in [0.1, 0.15) is 37.3 Å². The molecule has 122 valence electrons. The largest absolute Gasteiger partial charge is 0.427 e. The van der Waals surface area contributed by atoms with Crippen molar-refractivity contribution < 1.29 is 14.9 Å². The molecule has 0 spiro atoms. The number of hydrogen-bond donors (Lipinski definition) is 3. The highest BCUT2D eigenvalue weighted by Gasteiger charge is 2.14. The van der Waals surface area contributed by atoms with Crippen molar-refractivity contribution in [2.75, 3.05) is 13.7 Å². The van der Waals surface area contributed by atoms with Gasteiger partial charge >= 0.3 is 7.62 Å². The highest BCUT2D eigenvalue weighted by molar-refractivity contribution is 6.23. The molecular weight excluding hydrogens is 277 g/mol. The summed E-state index contributed by atoms with van der Waals surface area (Å²) in [5.41, 5.74) is 2.39. The van der Waals surface area contributed by atoms with E-state index in [0.29, 0.717) is 7.62 Å². The zero-order valence-corrected chi connectivity index (χ0v) is 13.7. The van der Waals surface area contributed by atoms with E-state index in [1.807, 2.05) is 6.08 Å². The van der Waals surface area contributed by atoms with Gasteiger partial charge in [-0.1, -0.05) is 56.2 Å². The molecule has 0 amide bonds. The van der Waals surface area contributed by atoms with Gasteiger partial charge in [-0.3, -0.25) is 0 Å². The molecular formula is C17H28BNO3. The number of rotatable bonds is 11. The number of unbranched alkanes of at least 4 members (excludes halogenated alkanes) is 2. The molecule has 2 atom stereocenters. The monoisotopic (exact) mass is 305 g/mol. The van der Waals surface area contributed by atoms with Crippen molar-refractivity contribution in [1.82, 2.24) is 5.23 Å². The van der Waals surface area contributed by atoms with Crippen LogP contribution in [0.5, 0.6) is 0 Å². The fraction of sp³-hybridized carbons (Fsp3) is 0.529. The number of aryl methyl sites for hydroxylation is 1. The summed E-state index contributed by atoms with van der Waals surface area (Å²) in [6, 6.07) is 7.95.